The molecule has 508 valence electrons. The Morgan fingerprint density at radius 1 is 0.678 bits per heavy atom. The minimum absolute atomic E-state index is 0.0908. The van der Waals surface area contributed by atoms with Crippen molar-refractivity contribution in [2.75, 3.05) is 20.0 Å². The number of phenolic OH excluding ortho intramolecular Hbond substituents is 2. The van der Waals surface area contributed by atoms with Crippen molar-refractivity contribution in [3.8, 4) is 11.5 Å². The van der Waals surface area contributed by atoms with Crippen molar-refractivity contribution in [1.82, 2.24) is 0 Å². The van der Waals surface area contributed by atoms with Crippen LogP contribution in [0, 0.1) is 12.8 Å². The summed E-state index contributed by atoms with van der Waals surface area (Å²) >= 11 is 5.95. The highest BCUT2D eigenvalue weighted by Crippen LogP contribution is 2.53. The number of aliphatic hydroxyl groups excluding tert-OH is 7. The van der Waals surface area contributed by atoms with Crippen molar-refractivity contribution in [1.29, 1.82) is 0 Å². The van der Waals surface area contributed by atoms with Gasteiger partial charge >= 0.3 is 17.9 Å². The van der Waals surface area contributed by atoms with Crippen molar-refractivity contribution in [3.63, 3.8) is 0 Å². The van der Waals surface area contributed by atoms with Crippen LogP contribution in [0.3, 0.4) is 0 Å². The number of Topliss-reactive ketones (excluding diaryl/α,β-unsaturated/α-hetero) is 1. The molecule has 31 atom stereocenters. The molecule has 10 fully saturated rings. The molecule has 90 heavy (non-hydrogen) atoms. The van der Waals surface area contributed by atoms with Gasteiger partial charge in [0.1, 0.15) is 102 Å². The van der Waals surface area contributed by atoms with Gasteiger partial charge in [0.25, 0.3) is 5.97 Å². The molecule has 11 rings (SSSR count). The van der Waals surface area contributed by atoms with Gasteiger partial charge in [-0.15, -0.1) is 0 Å². The molecule has 1 unspecified atom stereocenters. The molecule has 10 aliphatic rings. The number of esters is 2. The fourth-order valence-corrected chi connectivity index (χ4v) is 13.8. The zero-order valence-electron chi connectivity index (χ0n) is 50.8. The van der Waals surface area contributed by atoms with Crippen LogP contribution in [-0.4, -0.2) is 278 Å². The van der Waals surface area contributed by atoms with Crippen LogP contribution in [0.4, 0.5) is 0 Å². The summed E-state index contributed by atoms with van der Waals surface area (Å²) in [5, 5.41) is 112. The maximum Gasteiger partial charge on any atom is 0.342 e. The Bertz CT molecular complexity index is 2760. The van der Waals surface area contributed by atoms with Gasteiger partial charge in [-0.3, -0.25) is 9.59 Å². The number of aliphatic hydroxyl groups is 8. The van der Waals surface area contributed by atoms with Crippen LogP contribution in [0.15, 0.2) is 6.07 Å². The summed E-state index contributed by atoms with van der Waals surface area (Å²) in [6, 6.07) is 1.18. The molecular weight excluding hydrogens is 1230 g/mol. The van der Waals surface area contributed by atoms with Gasteiger partial charge in [-0.25, -0.2) is 4.79 Å². The smallest absolute Gasteiger partial charge is 0.342 e. The fourth-order valence-electron chi connectivity index (χ4n) is 13.7. The highest BCUT2D eigenvalue weighted by Gasteiger charge is 2.73. The highest BCUT2D eigenvalue weighted by molar-refractivity contribution is 6.34. The summed E-state index contributed by atoms with van der Waals surface area (Å²) in [5.74, 6) is -8.21. The molecule has 0 amide bonds. The number of carbonyl (C=O) groups excluding carboxylic acids is 3. The number of halogens is 1. The number of ketones is 1. The van der Waals surface area contributed by atoms with Gasteiger partial charge < -0.3 is 141 Å². The van der Waals surface area contributed by atoms with E-state index < -0.39 is 236 Å². The molecule has 2 spiro atoms. The van der Waals surface area contributed by atoms with Gasteiger partial charge in [0.05, 0.1) is 68.3 Å². The van der Waals surface area contributed by atoms with Crippen molar-refractivity contribution < 1.29 is 155 Å². The van der Waals surface area contributed by atoms with Gasteiger partial charge in [0, 0.05) is 12.8 Å². The largest absolute Gasteiger partial charge is 0.506 e. The van der Waals surface area contributed by atoms with Crippen LogP contribution < -0.4 is 0 Å². The van der Waals surface area contributed by atoms with Crippen molar-refractivity contribution >= 4 is 29.3 Å². The standard InChI is InChI=1S/C57H81ClO32/c1-18(2)49(69)82-45-43-30(87-57(88-43)48-47(73-17-74-48)56(71,24(8)60)25(9)86-57)16-72-53(45)84-51-38(67)37(66)42(29(15-59)78-51)83-52-39(68)44(35(64)20(4)77-52)80-32-14-54(10)46(23(7)76-32)89-55(90-54)13-28(63)41(22(6)85-55)79-31-12-27(62)40(21(5)75-31)81-50(70)33-19(3)11-26(61)34(58)36(33)65/h11,18,20-23,25,27-32,35,37-48,51-53,59,61-68,71H,12-17H2,1-10H3/t20-,21-,22-,23-,25-,27-,28-,29-,30+,31+,32+,35+,37-,38+,39-,40-,41-,42-,43-,44+,45-,46-,47-,48-,51+,52+,53-,54-,55?,56+,57-/m1/s1. The van der Waals surface area contributed by atoms with Crippen LogP contribution in [0.5, 0.6) is 11.5 Å². The molecule has 10 saturated heterocycles. The third-order valence-electron chi connectivity index (χ3n) is 18.4. The maximum absolute atomic E-state index is 13.3. The van der Waals surface area contributed by atoms with Crippen LogP contribution >= 0.6 is 11.6 Å². The van der Waals surface area contributed by atoms with E-state index >= 15 is 0 Å². The summed E-state index contributed by atoms with van der Waals surface area (Å²) in [4.78, 5) is 39.2. The maximum atomic E-state index is 13.3. The van der Waals surface area contributed by atoms with E-state index in [0.29, 0.717) is 0 Å². The third-order valence-corrected chi connectivity index (χ3v) is 18.8. The lowest BCUT2D eigenvalue weighted by molar-refractivity contribution is -0.428. The average Bonchev–Trinajstić information content (AvgIpc) is 1.53. The number of benzene rings is 1. The molecule has 0 radical (unpaired) electrons. The zero-order chi connectivity index (χ0) is 65.2. The van der Waals surface area contributed by atoms with Crippen LogP contribution in [0.1, 0.15) is 97.5 Å². The number of carbonyl (C=O) groups is 3. The molecule has 0 aromatic heterocycles. The third kappa shape index (κ3) is 12.2. The van der Waals surface area contributed by atoms with Crippen molar-refractivity contribution in [3.05, 3.63) is 22.2 Å². The second-order valence-electron chi connectivity index (χ2n) is 25.3. The Morgan fingerprint density at radius 3 is 2.04 bits per heavy atom. The second kappa shape index (κ2) is 25.7. The first-order valence-corrected chi connectivity index (χ1v) is 30.4. The number of aromatic hydroxyl groups is 2. The summed E-state index contributed by atoms with van der Waals surface area (Å²) in [6.07, 6.45) is -37.4. The van der Waals surface area contributed by atoms with Crippen LogP contribution in [0.2, 0.25) is 5.02 Å². The molecular formula is C57H81ClO32. The lowest BCUT2D eigenvalue weighted by Crippen LogP contribution is -2.72. The van der Waals surface area contributed by atoms with E-state index in [1.54, 1.807) is 34.6 Å². The Kier molecular flexibility index (Phi) is 19.5. The van der Waals surface area contributed by atoms with E-state index in [1.807, 2.05) is 0 Å². The molecule has 10 N–H and O–H groups in total. The van der Waals surface area contributed by atoms with Crippen molar-refractivity contribution in [2.45, 2.75) is 277 Å². The molecule has 0 aliphatic carbocycles. The first-order chi connectivity index (χ1) is 42.3. The molecule has 10 heterocycles. The summed E-state index contributed by atoms with van der Waals surface area (Å²) in [6.45, 7) is 13.6. The molecule has 0 saturated carbocycles. The lowest BCUT2D eigenvalue weighted by Gasteiger charge is -2.49. The second-order valence-corrected chi connectivity index (χ2v) is 25.6. The van der Waals surface area contributed by atoms with E-state index in [-0.39, 0.29) is 43.8 Å². The zero-order valence-corrected chi connectivity index (χ0v) is 51.6. The summed E-state index contributed by atoms with van der Waals surface area (Å²) in [7, 11) is 0. The normalized spacial score (nSPS) is 49.3. The molecule has 1 aromatic rings. The van der Waals surface area contributed by atoms with Gasteiger partial charge in [-0.05, 0) is 67.0 Å². The number of fused-ring (bicyclic) bond motifs is 4. The predicted molar refractivity (Wildman–Crippen MR) is 288 cm³/mol. The van der Waals surface area contributed by atoms with Crippen molar-refractivity contribution in [2.24, 2.45) is 5.92 Å². The Morgan fingerprint density at radius 2 is 1.37 bits per heavy atom. The van der Waals surface area contributed by atoms with Gasteiger partial charge in [0.15, 0.2) is 60.6 Å². The molecule has 1 aromatic carbocycles. The van der Waals surface area contributed by atoms with Gasteiger partial charge in [0.2, 0.25) is 6.29 Å². The first kappa shape index (κ1) is 68.1. The molecule has 32 nitrogen and oxygen atoms in total. The molecule has 33 heteroatoms. The minimum atomic E-state index is -2.15. The Labute approximate surface area is 520 Å². The van der Waals surface area contributed by atoms with E-state index in [9.17, 15) is 65.4 Å². The number of rotatable bonds is 14. The van der Waals surface area contributed by atoms with Crippen LogP contribution in [0.25, 0.3) is 0 Å². The summed E-state index contributed by atoms with van der Waals surface area (Å²) < 4.78 is 116. The monoisotopic (exact) mass is 1310 g/mol. The van der Waals surface area contributed by atoms with E-state index in [2.05, 4.69) is 0 Å². The predicted octanol–water partition coefficient (Wildman–Crippen LogP) is -1.87. The van der Waals surface area contributed by atoms with E-state index in [0.717, 1.165) is 0 Å². The first-order valence-electron chi connectivity index (χ1n) is 30.1. The minimum Gasteiger partial charge on any atom is -0.506 e. The number of ether oxygens (including phenoxy) is 19. The topological polar surface area (TPSA) is 429 Å². The number of hydrogen-bond donors (Lipinski definition) is 10. The SMILES string of the molecule is CC(=O)[C@@]1(O)[C@@H]2OCO[C@H]2[C@@]2(O[C@H]3[C@@H](OC(=O)C(C)C)[C@@H](O[C@@H]4O[C@H](CO)[C@@H](O[C@@H]5O[C@H](C)[C@H](O)[C@H](O[C@H]6C[C@@]7(C)OC8(C[C@@H](O)[C@H](O[C@H]9C[C@@H](O)[C@H](OC(=O)c%10c(C)cc(O)c(Cl)c%10O)[C@@H](C)O9)[C@@H](C)O8)O[C@@H]7[C@@H](C)O6)[C@H]5O)[C@H](O)[C@@H]4O)OC[C@@H]3O2)O[C@@H]1C. The lowest BCUT2D eigenvalue weighted by atomic mass is 9.81. The number of aryl methyl sites for hydroxylation is 1. The van der Waals surface area contributed by atoms with E-state index in [1.165, 1.54) is 40.7 Å². The summed E-state index contributed by atoms with van der Waals surface area (Å²) in [5.41, 5.74) is -3.55. The van der Waals surface area contributed by atoms with E-state index in [4.69, 9.17) is 102 Å². The average molecular weight is 1310 g/mol. The molecule has 10 aliphatic heterocycles. The fraction of sp³-hybridized carbons (Fsp3) is 0.842. The number of hydrogen-bond acceptors (Lipinski definition) is 32. The Hall–Kier alpha value is -3.28. The number of phenols is 2. The van der Waals surface area contributed by atoms with Gasteiger partial charge in [-0.2, -0.15) is 0 Å². The quantitative estimate of drug-likeness (QED) is 0.0913. The highest BCUT2D eigenvalue weighted by atomic mass is 35.5. The Balaban J connectivity index is 0.701. The van der Waals surface area contributed by atoms with Crippen LogP contribution in [-0.2, 0) is 99.6 Å². The van der Waals surface area contributed by atoms with Gasteiger partial charge in [-0.1, -0.05) is 25.4 Å². The molecule has 0 bridgehead atoms.